The zero-order chi connectivity index (χ0) is 17.8. The highest BCUT2D eigenvalue weighted by Gasteiger charge is 2.28. The molecular weight excluding hydrogens is 322 g/mol. The summed E-state index contributed by atoms with van der Waals surface area (Å²) in [5.41, 5.74) is 0.505. The molecule has 1 aromatic heterocycles. The van der Waals surface area contributed by atoms with E-state index in [4.69, 9.17) is 9.26 Å². The molecule has 1 aliphatic carbocycles. The molecular formula is C18H21N3O4. The smallest absolute Gasteiger partial charge is 0.254 e. The van der Waals surface area contributed by atoms with Crippen LogP contribution in [-0.4, -0.2) is 42.1 Å². The van der Waals surface area contributed by atoms with Crippen LogP contribution in [0.2, 0.25) is 0 Å². The lowest BCUT2D eigenvalue weighted by Crippen LogP contribution is -2.39. The van der Waals surface area contributed by atoms with Crippen LogP contribution in [0.25, 0.3) is 0 Å². The van der Waals surface area contributed by atoms with E-state index in [1.165, 1.54) is 0 Å². The van der Waals surface area contributed by atoms with Crippen LogP contribution in [0.1, 0.15) is 29.0 Å². The number of aryl methyl sites for hydroxylation is 1. The van der Waals surface area contributed by atoms with Gasteiger partial charge in [-0.15, -0.1) is 0 Å². The first kappa shape index (κ1) is 17.0. The number of anilines is 1. The maximum atomic E-state index is 12.8. The quantitative estimate of drug-likeness (QED) is 0.835. The number of amides is 2. The number of methoxy groups -OCH3 is 1. The van der Waals surface area contributed by atoms with Gasteiger partial charge < -0.3 is 19.5 Å². The van der Waals surface area contributed by atoms with Gasteiger partial charge in [-0.3, -0.25) is 9.59 Å². The van der Waals surface area contributed by atoms with Gasteiger partial charge in [-0.2, -0.15) is 0 Å². The van der Waals surface area contributed by atoms with E-state index in [-0.39, 0.29) is 18.4 Å². The summed E-state index contributed by atoms with van der Waals surface area (Å²) in [7, 11) is 1.55. The van der Waals surface area contributed by atoms with Crippen molar-refractivity contribution in [1.29, 1.82) is 0 Å². The third-order valence-corrected chi connectivity index (χ3v) is 4.01. The van der Waals surface area contributed by atoms with Crippen LogP contribution in [0, 0.1) is 12.8 Å². The monoisotopic (exact) mass is 343 g/mol. The molecule has 0 bridgehead atoms. The third-order valence-electron chi connectivity index (χ3n) is 4.01. The van der Waals surface area contributed by atoms with Crippen LogP contribution < -0.4 is 10.1 Å². The van der Waals surface area contributed by atoms with Gasteiger partial charge in [0.2, 0.25) is 5.91 Å². The first-order chi connectivity index (χ1) is 12.0. The zero-order valence-electron chi connectivity index (χ0n) is 14.3. The van der Waals surface area contributed by atoms with Crippen LogP contribution in [-0.2, 0) is 4.79 Å². The fourth-order valence-electron chi connectivity index (χ4n) is 2.55. The predicted molar refractivity (Wildman–Crippen MR) is 91.5 cm³/mol. The largest absolute Gasteiger partial charge is 0.497 e. The molecule has 1 saturated carbocycles. The van der Waals surface area contributed by atoms with Gasteiger partial charge in [0.15, 0.2) is 5.82 Å². The SMILES string of the molecule is COc1cccc(C(=O)N(CC(=O)Nc2cc(C)on2)CC2CC2)c1. The maximum absolute atomic E-state index is 12.8. The highest BCUT2D eigenvalue weighted by Crippen LogP contribution is 2.30. The first-order valence-corrected chi connectivity index (χ1v) is 8.21. The Bertz CT molecular complexity index is 767. The molecule has 0 radical (unpaired) electrons. The Hall–Kier alpha value is -2.83. The average Bonchev–Trinajstić information content (AvgIpc) is 3.34. The second-order valence-corrected chi connectivity index (χ2v) is 6.23. The van der Waals surface area contributed by atoms with E-state index < -0.39 is 0 Å². The van der Waals surface area contributed by atoms with Crippen LogP contribution in [0.3, 0.4) is 0 Å². The summed E-state index contributed by atoms with van der Waals surface area (Å²) in [6.45, 7) is 2.29. The molecule has 0 aliphatic heterocycles. The Labute approximate surface area is 145 Å². The van der Waals surface area contributed by atoms with Crippen molar-refractivity contribution in [1.82, 2.24) is 10.1 Å². The third kappa shape index (κ3) is 4.59. The number of nitrogens with zero attached hydrogens (tertiary/aromatic N) is 2. The molecule has 7 heteroatoms. The van der Waals surface area contributed by atoms with Crippen molar-refractivity contribution in [3.63, 3.8) is 0 Å². The molecule has 1 aromatic carbocycles. The predicted octanol–water partition coefficient (Wildman–Crippen LogP) is 2.48. The summed E-state index contributed by atoms with van der Waals surface area (Å²) < 4.78 is 10.1. The normalized spacial score (nSPS) is 13.4. The second-order valence-electron chi connectivity index (χ2n) is 6.23. The number of hydrogen-bond donors (Lipinski definition) is 1. The highest BCUT2D eigenvalue weighted by atomic mass is 16.5. The number of hydrogen-bond acceptors (Lipinski definition) is 5. The maximum Gasteiger partial charge on any atom is 0.254 e. The summed E-state index contributed by atoms with van der Waals surface area (Å²) in [4.78, 5) is 26.7. The lowest BCUT2D eigenvalue weighted by atomic mass is 10.1. The number of carbonyl (C=O) groups excluding carboxylic acids is 2. The Kier molecular flexibility index (Phi) is 5.02. The Morgan fingerprint density at radius 2 is 2.16 bits per heavy atom. The zero-order valence-corrected chi connectivity index (χ0v) is 14.3. The molecule has 3 rings (SSSR count). The molecule has 1 fully saturated rings. The van der Waals surface area contributed by atoms with Crippen LogP contribution in [0.4, 0.5) is 5.82 Å². The van der Waals surface area contributed by atoms with Gasteiger partial charge >= 0.3 is 0 Å². The van der Waals surface area contributed by atoms with Gasteiger partial charge in [-0.05, 0) is 43.9 Å². The molecule has 0 saturated heterocycles. The number of rotatable bonds is 7. The van der Waals surface area contributed by atoms with Gasteiger partial charge in [-0.25, -0.2) is 0 Å². The molecule has 132 valence electrons. The number of benzene rings is 1. The summed E-state index contributed by atoms with van der Waals surface area (Å²) in [6, 6.07) is 8.58. The molecule has 0 atom stereocenters. The van der Waals surface area contributed by atoms with E-state index >= 15 is 0 Å². The lowest BCUT2D eigenvalue weighted by Gasteiger charge is -2.22. The van der Waals surface area contributed by atoms with E-state index in [1.54, 1.807) is 49.3 Å². The van der Waals surface area contributed by atoms with Crippen molar-refractivity contribution in [3.8, 4) is 5.75 Å². The number of nitrogens with one attached hydrogen (secondary N) is 1. The van der Waals surface area contributed by atoms with E-state index in [9.17, 15) is 9.59 Å². The molecule has 0 spiro atoms. The summed E-state index contributed by atoms with van der Waals surface area (Å²) in [5.74, 6) is 1.55. The molecule has 2 amide bonds. The molecule has 0 unspecified atom stereocenters. The Morgan fingerprint density at radius 3 is 2.80 bits per heavy atom. The van der Waals surface area contributed by atoms with Gasteiger partial charge in [0.1, 0.15) is 18.1 Å². The van der Waals surface area contributed by atoms with Gasteiger partial charge in [-0.1, -0.05) is 11.2 Å². The lowest BCUT2D eigenvalue weighted by molar-refractivity contribution is -0.117. The fourth-order valence-corrected chi connectivity index (χ4v) is 2.55. The van der Waals surface area contributed by atoms with Crippen molar-refractivity contribution < 1.29 is 18.8 Å². The molecule has 1 aliphatic rings. The van der Waals surface area contributed by atoms with E-state index in [2.05, 4.69) is 10.5 Å². The van der Waals surface area contributed by atoms with Crippen LogP contribution in [0.15, 0.2) is 34.9 Å². The molecule has 7 nitrogen and oxygen atoms in total. The first-order valence-electron chi connectivity index (χ1n) is 8.21. The number of ether oxygens (including phenoxy) is 1. The fraction of sp³-hybridized carbons (Fsp3) is 0.389. The van der Waals surface area contributed by atoms with E-state index in [0.717, 1.165) is 12.8 Å². The number of carbonyl (C=O) groups is 2. The summed E-state index contributed by atoms with van der Waals surface area (Å²) in [6.07, 6.45) is 2.18. The topological polar surface area (TPSA) is 84.7 Å². The van der Waals surface area contributed by atoms with Crippen LogP contribution in [0.5, 0.6) is 5.75 Å². The number of aromatic nitrogens is 1. The van der Waals surface area contributed by atoms with Crippen molar-refractivity contribution in [2.24, 2.45) is 5.92 Å². The second kappa shape index (κ2) is 7.38. The van der Waals surface area contributed by atoms with Crippen molar-refractivity contribution in [2.45, 2.75) is 19.8 Å². The standard InChI is InChI=1S/C18H21N3O4/c1-12-8-16(20-25-12)19-17(22)11-21(10-13-6-7-13)18(23)14-4-3-5-15(9-14)24-2/h3-5,8-9,13H,6-7,10-11H2,1-2H3,(H,19,20,22). The average molecular weight is 343 g/mol. The van der Waals surface area contributed by atoms with Crippen molar-refractivity contribution in [2.75, 3.05) is 25.5 Å². The minimum absolute atomic E-state index is 0.0293. The van der Waals surface area contributed by atoms with Gasteiger partial charge in [0.05, 0.1) is 7.11 Å². The van der Waals surface area contributed by atoms with Crippen LogP contribution >= 0.6 is 0 Å². The Morgan fingerprint density at radius 1 is 1.36 bits per heavy atom. The molecule has 25 heavy (non-hydrogen) atoms. The van der Waals surface area contributed by atoms with Gasteiger partial charge in [0.25, 0.3) is 5.91 Å². The molecule has 1 N–H and O–H groups in total. The summed E-state index contributed by atoms with van der Waals surface area (Å²) >= 11 is 0. The van der Waals surface area contributed by atoms with Crippen molar-refractivity contribution in [3.05, 3.63) is 41.7 Å². The minimum Gasteiger partial charge on any atom is -0.497 e. The highest BCUT2D eigenvalue weighted by molar-refractivity contribution is 5.99. The molecule has 1 heterocycles. The van der Waals surface area contributed by atoms with E-state index in [1.807, 2.05) is 0 Å². The van der Waals surface area contributed by atoms with E-state index in [0.29, 0.717) is 35.4 Å². The Balaban J connectivity index is 1.69. The molecule has 2 aromatic rings. The van der Waals surface area contributed by atoms with Crippen molar-refractivity contribution >= 4 is 17.6 Å². The van der Waals surface area contributed by atoms with Gasteiger partial charge in [0, 0.05) is 18.2 Å². The minimum atomic E-state index is -0.301. The summed E-state index contributed by atoms with van der Waals surface area (Å²) in [5, 5.41) is 6.39.